The summed E-state index contributed by atoms with van der Waals surface area (Å²) in [5.41, 5.74) is 0.710. The summed E-state index contributed by atoms with van der Waals surface area (Å²) in [6.07, 6.45) is 0.564. The van der Waals surface area contributed by atoms with E-state index < -0.39 is 11.9 Å². The van der Waals surface area contributed by atoms with Crippen LogP contribution in [0.3, 0.4) is 0 Å². The first-order valence-electron chi connectivity index (χ1n) is 6.11. The van der Waals surface area contributed by atoms with Crippen LogP contribution in [0.15, 0.2) is 18.2 Å². The van der Waals surface area contributed by atoms with Crippen LogP contribution in [-0.4, -0.2) is 47.8 Å². The van der Waals surface area contributed by atoms with Crippen molar-refractivity contribution >= 4 is 11.9 Å². The van der Waals surface area contributed by atoms with Gasteiger partial charge in [-0.1, -0.05) is 6.07 Å². The van der Waals surface area contributed by atoms with Gasteiger partial charge in [0.05, 0.1) is 11.1 Å². The first-order chi connectivity index (χ1) is 9.08. The van der Waals surface area contributed by atoms with E-state index in [4.69, 9.17) is 5.11 Å². The van der Waals surface area contributed by atoms with Gasteiger partial charge >= 0.3 is 11.9 Å². The summed E-state index contributed by atoms with van der Waals surface area (Å²) >= 11 is 0. The lowest BCUT2D eigenvalue weighted by molar-refractivity contribution is 0.0695. The van der Waals surface area contributed by atoms with Gasteiger partial charge in [-0.25, -0.2) is 9.59 Å². The Hall–Kier alpha value is -1.92. The van der Waals surface area contributed by atoms with E-state index in [1.54, 1.807) is 6.07 Å². The SMILES string of the molecule is O=C(O)c1ccc(CC2CNCCN2)c(C(=O)O)c1. The van der Waals surface area contributed by atoms with Gasteiger partial charge < -0.3 is 20.8 Å². The zero-order valence-electron chi connectivity index (χ0n) is 10.3. The highest BCUT2D eigenvalue weighted by Gasteiger charge is 2.18. The summed E-state index contributed by atoms with van der Waals surface area (Å²) in [6.45, 7) is 2.53. The van der Waals surface area contributed by atoms with Crippen LogP contribution in [-0.2, 0) is 6.42 Å². The average molecular weight is 264 g/mol. The maximum absolute atomic E-state index is 11.2. The molecule has 1 aliphatic rings. The Morgan fingerprint density at radius 2 is 2.00 bits per heavy atom. The number of carbonyl (C=O) groups is 2. The first-order valence-corrected chi connectivity index (χ1v) is 6.11. The zero-order chi connectivity index (χ0) is 13.8. The Labute approximate surface area is 110 Å². The second kappa shape index (κ2) is 5.81. The molecule has 19 heavy (non-hydrogen) atoms. The third-order valence-electron chi connectivity index (χ3n) is 3.18. The van der Waals surface area contributed by atoms with Gasteiger partial charge in [0, 0.05) is 25.7 Å². The molecule has 1 heterocycles. The molecule has 1 aliphatic heterocycles. The van der Waals surface area contributed by atoms with Crippen LogP contribution in [0.4, 0.5) is 0 Å². The fourth-order valence-corrected chi connectivity index (χ4v) is 2.21. The van der Waals surface area contributed by atoms with Gasteiger partial charge in [0.15, 0.2) is 0 Å². The third kappa shape index (κ3) is 3.30. The van der Waals surface area contributed by atoms with Gasteiger partial charge in [-0.3, -0.25) is 0 Å². The number of rotatable bonds is 4. The molecule has 0 bridgehead atoms. The van der Waals surface area contributed by atoms with Crippen molar-refractivity contribution in [1.29, 1.82) is 0 Å². The molecule has 1 aromatic rings. The van der Waals surface area contributed by atoms with Crippen LogP contribution in [0.2, 0.25) is 0 Å². The molecule has 6 heteroatoms. The minimum Gasteiger partial charge on any atom is -0.478 e. The Balaban J connectivity index is 2.23. The fraction of sp³-hybridized carbons (Fsp3) is 0.385. The Morgan fingerprint density at radius 1 is 1.21 bits per heavy atom. The number of hydrogen-bond donors (Lipinski definition) is 4. The van der Waals surface area contributed by atoms with Crippen LogP contribution in [0.25, 0.3) is 0 Å². The van der Waals surface area contributed by atoms with E-state index in [-0.39, 0.29) is 17.2 Å². The molecule has 0 aliphatic carbocycles. The normalized spacial score (nSPS) is 19.1. The van der Waals surface area contributed by atoms with Crippen molar-refractivity contribution in [3.8, 4) is 0 Å². The van der Waals surface area contributed by atoms with Crippen molar-refractivity contribution in [2.24, 2.45) is 0 Å². The van der Waals surface area contributed by atoms with Crippen LogP contribution in [0.5, 0.6) is 0 Å². The topological polar surface area (TPSA) is 98.7 Å². The molecule has 0 aromatic heterocycles. The molecule has 6 nitrogen and oxygen atoms in total. The van der Waals surface area contributed by atoms with Crippen LogP contribution in [0.1, 0.15) is 26.3 Å². The number of piperazine rings is 1. The van der Waals surface area contributed by atoms with E-state index in [0.29, 0.717) is 12.0 Å². The van der Waals surface area contributed by atoms with Crippen molar-refractivity contribution in [2.45, 2.75) is 12.5 Å². The predicted molar refractivity (Wildman–Crippen MR) is 68.7 cm³/mol. The summed E-state index contributed by atoms with van der Waals surface area (Å²) in [4.78, 5) is 22.1. The number of benzene rings is 1. The molecule has 1 saturated heterocycles. The number of nitrogens with one attached hydrogen (secondary N) is 2. The van der Waals surface area contributed by atoms with Gasteiger partial charge in [0.1, 0.15) is 0 Å². The number of carboxylic acid groups (broad SMARTS) is 2. The molecule has 102 valence electrons. The standard InChI is InChI=1S/C13H16N2O4/c16-12(17)9-2-1-8(11(6-9)13(18)19)5-10-7-14-3-4-15-10/h1-2,6,10,14-15H,3-5,7H2,(H,16,17)(H,18,19). The summed E-state index contributed by atoms with van der Waals surface area (Å²) in [5.74, 6) is -2.21. The first kappa shape index (κ1) is 13.5. The molecule has 2 rings (SSSR count). The van der Waals surface area contributed by atoms with E-state index in [2.05, 4.69) is 10.6 Å². The Bertz CT molecular complexity index is 495. The van der Waals surface area contributed by atoms with Crippen molar-refractivity contribution in [3.05, 3.63) is 34.9 Å². The molecule has 1 fully saturated rings. The molecule has 0 spiro atoms. The second-order valence-corrected chi connectivity index (χ2v) is 4.54. The number of hydrogen-bond acceptors (Lipinski definition) is 4. The molecule has 1 atom stereocenters. The van der Waals surface area contributed by atoms with E-state index in [0.717, 1.165) is 19.6 Å². The van der Waals surface area contributed by atoms with E-state index in [1.165, 1.54) is 12.1 Å². The lowest BCUT2D eigenvalue weighted by Gasteiger charge is -2.25. The van der Waals surface area contributed by atoms with Gasteiger partial charge in [0.25, 0.3) is 0 Å². The molecule has 1 unspecified atom stereocenters. The van der Waals surface area contributed by atoms with Crippen LogP contribution < -0.4 is 10.6 Å². The van der Waals surface area contributed by atoms with Gasteiger partial charge in [-0.05, 0) is 24.1 Å². The summed E-state index contributed by atoms with van der Waals surface area (Å²) in [7, 11) is 0. The Morgan fingerprint density at radius 3 is 2.58 bits per heavy atom. The van der Waals surface area contributed by atoms with Gasteiger partial charge in [-0.15, -0.1) is 0 Å². The van der Waals surface area contributed by atoms with Crippen molar-refractivity contribution in [2.75, 3.05) is 19.6 Å². The smallest absolute Gasteiger partial charge is 0.335 e. The average Bonchev–Trinajstić information content (AvgIpc) is 2.39. The van der Waals surface area contributed by atoms with Crippen molar-refractivity contribution < 1.29 is 19.8 Å². The van der Waals surface area contributed by atoms with E-state index in [9.17, 15) is 14.7 Å². The lowest BCUT2D eigenvalue weighted by atomic mass is 9.97. The van der Waals surface area contributed by atoms with Gasteiger partial charge in [-0.2, -0.15) is 0 Å². The minimum absolute atomic E-state index is 0.00382. The highest BCUT2D eigenvalue weighted by atomic mass is 16.4. The molecule has 1 aromatic carbocycles. The van der Waals surface area contributed by atoms with E-state index in [1.807, 2.05) is 0 Å². The third-order valence-corrected chi connectivity index (χ3v) is 3.18. The number of aromatic carboxylic acids is 2. The Kier molecular flexibility index (Phi) is 4.13. The summed E-state index contributed by atoms with van der Waals surface area (Å²) in [6, 6.07) is 4.42. The fourth-order valence-electron chi connectivity index (χ4n) is 2.21. The molecule has 0 amide bonds. The van der Waals surface area contributed by atoms with E-state index >= 15 is 0 Å². The molecular formula is C13H16N2O4. The largest absolute Gasteiger partial charge is 0.478 e. The monoisotopic (exact) mass is 264 g/mol. The molecular weight excluding hydrogens is 248 g/mol. The predicted octanol–water partition coefficient (Wildman–Crippen LogP) is 0.187. The summed E-state index contributed by atoms with van der Waals surface area (Å²) < 4.78 is 0. The van der Waals surface area contributed by atoms with Crippen molar-refractivity contribution in [3.63, 3.8) is 0 Å². The zero-order valence-corrected chi connectivity index (χ0v) is 10.3. The highest BCUT2D eigenvalue weighted by Crippen LogP contribution is 2.15. The minimum atomic E-state index is -1.12. The molecule has 4 N–H and O–H groups in total. The van der Waals surface area contributed by atoms with Crippen LogP contribution >= 0.6 is 0 Å². The highest BCUT2D eigenvalue weighted by molar-refractivity contribution is 5.94. The maximum atomic E-state index is 11.2. The van der Waals surface area contributed by atoms with Crippen LogP contribution in [0, 0.1) is 0 Å². The van der Waals surface area contributed by atoms with Gasteiger partial charge in [0.2, 0.25) is 0 Å². The van der Waals surface area contributed by atoms with Crippen molar-refractivity contribution in [1.82, 2.24) is 10.6 Å². The number of carboxylic acids is 2. The second-order valence-electron chi connectivity index (χ2n) is 4.54. The summed E-state index contributed by atoms with van der Waals surface area (Å²) in [5, 5.41) is 24.6. The maximum Gasteiger partial charge on any atom is 0.335 e. The quantitative estimate of drug-likeness (QED) is 0.619. The molecule has 0 radical (unpaired) electrons. The lowest BCUT2D eigenvalue weighted by Crippen LogP contribution is -2.49. The molecule has 0 saturated carbocycles.